The lowest BCUT2D eigenvalue weighted by Gasteiger charge is -2.10. The highest BCUT2D eigenvalue weighted by Crippen LogP contribution is 2.32. The maximum atomic E-state index is 14.1. The molecule has 7 heteroatoms. The molecule has 150 valence electrons. The quantitative estimate of drug-likeness (QED) is 0.524. The molecule has 3 nitrogen and oxygen atoms in total. The first-order valence-electron chi connectivity index (χ1n) is 8.99. The standard InChI is InChI=1S/C22H18F4N2O/c23-20-13-17(22(24,25)26)10-11-19(20)16-8-6-15(7-9-16)3-1-5-21(29)28-18-4-2-12-27-14-18/h2,4,6-14H,1,3,5H2,(H,28,29). The summed E-state index contributed by atoms with van der Waals surface area (Å²) in [5, 5.41) is 2.76. The van der Waals surface area contributed by atoms with Gasteiger partial charge in [0.2, 0.25) is 5.91 Å². The van der Waals surface area contributed by atoms with E-state index in [9.17, 15) is 22.4 Å². The molecule has 2 aromatic carbocycles. The molecular formula is C22H18F4N2O. The molecule has 3 rings (SSSR count). The highest BCUT2D eigenvalue weighted by Gasteiger charge is 2.31. The Hall–Kier alpha value is -3.22. The SMILES string of the molecule is O=C(CCCc1ccc(-c2ccc(C(F)(F)F)cc2F)cc1)Nc1cccnc1. The number of amides is 1. The van der Waals surface area contributed by atoms with Gasteiger partial charge < -0.3 is 5.32 Å². The molecule has 0 aliphatic rings. The second-order valence-corrected chi connectivity index (χ2v) is 6.53. The van der Waals surface area contributed by atoms with Gasteiger partial charge in [-0.1, -0.05) is 30.3 Å². The zero-order chi connectivity index (χ0) is 20.9. The number of hydrogen-bond donors (Lipinski definition) is 1. The minimum Gasteiger partial charge on any atom is -0.325 e. The van der Waals surface area contributed by atoms with Gasteiger partial charge in [0.25, 0.3) is 0 Å². The molecule has 3 aromatic rings. The topological polar surface area (TPSA) is 42.0 Å². The van der Waals surface area contributed by atoms with Crippen molar-refractivity contribution >= 4 is 11.6 Å². The lowest BCUT2D eigenvalue weighted by Crippen LogP contribution is -2.11. The van der Waals surface area contributed by atoms with E-state index in [-0.39, 0.29) is 11.5 Å². The van der Waals surface area contributed by atoms with Crippen LogP contribution in [0.15, 0.2) is 67.0 Å². The number of carbonyl (C=O) groups excluding carboxylic acids is 1. The van der Waals surface area contributed by atoms with Crippen LogP contribution >= 0.6 is 0 Å². The summed E-state index contributed by atoms with van der Waals surface area (Å²) in [5.41, 5.74) is 1.19. The predicted molar refractivity (Wildman–Crippen MR) is 103 cm³/mol. The minimum atomic E-state index is -4.58. The van der Waals surface area contributed by atoms with Crippen molar-refractivity contribution in [1.82, 2.24) is 4.98 Å². The number of rotatable bonds is 6. The van der Waals surface area contributed by atoms with Crippen LogP contribution in [0, 0.1) is 5.82 Å². The number of pyridine rings is 1. The van der Waals surface area contributed by atoms with Gasteiger partial charge in [0, 0.05) is 18.2 Å². The zero-order valence-electron chi connectivity index (χ0n) is 15.3. The molecule has 29 heavy (non-hydrogen) atoms. The van der Waals surface area contributed by atoms with Gasteiger partial charge >= 0.3 is 6.18 Å². The summed E-state index contributed by atoms with van der Waals surface area (Å²) in [6.45, 7) is 0. The Morgan fingerprint density at radius 1 is 1.03 bits per heavy atom. The molecule has 0 spiro atoms. The van der Waals surface area contributed by atoms with Crippen LogP contribution in [-0.4, -0.2) is 10.9 Å². The highest BCUT2D eigenvalue weighted by atomic mass is 19.4. The molecule has 0 bridgehead atoms. The molecule has 1 aromatic heterocycles. The molecule has 0 atom stereocenters. The summed E-state index contributed by atoms with van der Waals surface area (Å²) in [6.07, 6.45) is 0.222. The monoisotopic (exact) mass is 402 g/mol. The number of aromatic nitrogens is 1. The maximum absolute atomic E-state index is 14.1. The number of nitrogens with one attached hydrogen (secondary N) is 1. The molecule has 0 aliphatic carbocycles. The number of hydrogen-bond acceptors (Lipinski definition) is 2. The summed E-state index contributed by atoms with van der Waals surface area (Å²) in [5.74, 6) is -1.03. The maximum Gasteiger partial charge on any atom is 0.416 e. The lowest BCUT2D eigenvalue weighted by atomic mass is 10.00. The van der Waals surface area contributed by atoms with Crippen molar-refractivity contribution in [3.05, 3.63) is 83.9 Å². The number of nitrogens with zero attached hydrogens (tertiary/aromatic N) is 1. The first-order chi connectivity index (χ1) is 13.8. The largest absolute Gasteiger partial charge is 0.416 e. The summed E-state index contributed by atoms with van der Waals surface area (Å²) in [6, 6.07) is 12.9. The number of alkyl halides is 3. The van der Waals surface area contributed by atoms with Crippen LogP contribution in [0.2, 0.25) is 0 Å². The Morgan fingerprint density at radius 2 is 1.79 bits per heavy atom. The average molecular weight is 402 g/mol. The predicted octanol–water partition coefficient (Wildman–Crippen LogP) is 5.87. The Labute approximate surface area is 165 Å². The van der Waals surface area contributed by atoms with Gasteiger partial charge in [-0.3, -0.25) is 9.78 Å². The van der Waals surface area contributed by atoms with E-state index in [1.165, 1.54) is 0 Å². The van der Waals surface area contributed by atoms with E-state index >= 15 is 0 Å². The Morgan fingerprint density at radius 3 is 2.41 bits per heavy atom. The third-order valence-electron chi connectivity index (χ3n) is 4.38. The molecule has 0 saturated heterocycles. The fourth-order valence-electron chi connectivity index (χ4n) is 2.89. The fraction of sp³-hybridized carbons (Fsp3) is 0.182. The van der Waals surface area contributed by atoms with Crippen molar-refractivity contribution in [3.8, 4) is 11.1 Å². The van der Waals surface area contributed by atoms with E-state index in [1.54, 1.807) is 48.8 Å². The van der Waals surface area contributed by atoms with Gasteiger partial charge in [-0.2, -0.15) is 13.2 Å². The Balaban J connectivity index is 1.56. The van der Waals surface area contributed by atoms with Gasteiger partial charge in [-0.25, -0.2) is 4.39 Å². The van der Waals surface area contributed by atoms with E-state index in [0.29, 0.717) is 36.6 Å². The molecule has 1 amide bonds. The normalized spacial score (nSPS) is 11.3. The van der Waals surface area contributed by atoms with E-state index in [0.717, 1.165) is 17.7 Å². The Kier molecular flexibility index (Phi) is 6.26. The second kappa shape index (κ2) is 8.86. The molecule has 0 fully saturated rings. The molecule has 0 aliphatic heterocycles. The first kappa shape index (κ1) is 20.5. The summed E-state index contributed by atoms with van der Waals surface area (Å²) >= 11 is 0. The molecule has 1 heterocycles. The van der Waals surface area contributed by atoms with Crippen LogP contribution in [-0.2, 0) is 17.4 Å². The van der Waals surface area contributed by atoms with Crippen molar-refractivity contribution in [3.63, 3.8) is 0 Å². The summed E-state index contributed by atoms with van der Waals surface area (Å²) < 4.78 is 52.1. The smallest absolute Gasteiger partial charge is 0.325 e. The van der Waals surface area contributed by atoms with Crippen LogP contribution in [0.5, 0.6) is 0 Å². The van der Waals surface area contributed by atoms with Gasteiger partial charge in [0.15, 0.2) is 0 Å². The van der Waals surface area contributed by atoms with Crippen LogP contribution in [0.1, 0.15) is 24.0 Å². The van der Waals surface area contributed by atoms with Crippen molar-refractivity contribution < 1.29 is 22.4 Å². The van der Waals surface area contributed by atoms with Gasteiger partial charge in [-0.05, 0) is 48.2 Å². The third-order valence-corrected chi connectivity index (χ3v) is 4.38. The van der Waals surface area contributed by atoms with Gasteiger partial charge in [0.05, 0.1) is 17.4 Å². The van der Waals surface area contributed by atoms with E-state index in [1.807, 2.05) is 0 Å². The third kappa shape index (κ3) is 5.63. The molecule has 0 radical (unpaired) electrons. The highest BCUT2D eigenvalue weighted by molar-refractivity contribution is 5.90. The molecule has 0 saturated carbocycles. The van der Waals surface area contributed by atoms with Gasteiger partial charge in [0.1, 0.15) is 5.82 Å². The first-order valence-corrected chi connectivity index (χ1v) is 8.99. The summed E-state index contributed by atoms with van der Waals surface area (Å²) in [4.78, 5) is 15.8. The van der Waals surface area contributed by atoms with E-state index in [2.05, 4.69) is 10.3 Å². The summed E-state index contributed by atoms with van der Waals surface area (Å²) in [7, 11) is 0. The number of halogens is 4. The number of anilines is 1. The minimum absolute atomic E-state index is 0.110. The number of aryl methyl sites for hydroxylation is 1. The van der Waals surface area contributed by atoms with Crippen molar-refractivity contribution in [2.24, 2.45) is 0 Å². The molecule has 1 N–H and O–H groups in total. The molecule has 0 unspecified atom stereocenters. The number of benzene rings is 2. The molecular weight excluding hydrogens is 384 g/mol. The average Bonchev–Trinajstić information content (AvgIpc) is 2.69. The lowest BCUT2D eigenvalue weighted by molar-refractivity contribution is -0.137. The van der Waals surface area contributed by atoms with Crippen molar-refractivity contribution in [2.45, 2.75) is 25.4 Å². The van der Waals surface area contributed by atoms with E-state index < -0.39 is 17.6 Å². The van der Waals surface area contributed by atoms with Crippen LogP contribution < -0.4 is 5.32 Å². The van der Waals surface area contributed by atoms with Crippen molar-refractivity contribution in [1.29, 1.82) is 0 Å². The van der Waals surface area contributed by atoms with Crippen molar-refractivity contribution in [2.75, 3.05) is 5.32 Å². The van der Waals surface area contributed by atoms with E-state index in [4.69, 9.17) is 0 Å². The van der Waals surface area contributed by atoms with Crippen LogP contribution in [0.4, 0.5) is 23.2 Å². The van der Waals surface area contributed by atoms with Crippen LogP contribution in [0.3, 0.4) is 0 Å². The number of carbonyl (C=O) groups is 1. The zero-order valence-corrected chi connectivity index (χ0v) is 15.3. The second-order valence-electron chi connectivity index (χ2n) is 6.53. The fourth-order valence-corrected chi connectivity index (χ4v) is 2.89. The van der Waals surface area contributed by atoms with Crippen LogP contribution in [0.25, 0.3) is 11.1 Å². The Bertz CT molecular complexity index is 970. The van der Waals surface area contributed by atoms with Gasteiger partial charge in [-0.15, -0.1) is 0 Å².